The van der Waals surface area contributed by atoms with Gasteiger partial charge < -0.3 is 19.5 Å². The normalized spacial score (nSPS) is 14.9. The summed E-state index contributed by atoms with van der Waals surface area (Å²) in [7, 11) is 0. The van der Waals surface area contributed by atoms with Crippen LogP contribution < -0.4 is 15.8 Å². The lowest BCUT2D eigenvalue weighted by Crippen LogP contribution is -2.38. The van der Waals surface area contributed by atoms with E-state index in [1.165, 1.54) is 6.07 Å². The Hall–Kier alpha value is -3.46. The van der Waals surface area contributed by atoms with Gasteiger partial charge in [-0.15, -0.1) is 0 Å². The van der Waals surface area contributed by atoms with Crippen molar-refractivity contribution in [1.82, 2.24) is 20.4 Å². The van der Waals surface area contributed by atoms with Crippen LogP contribution >= 0.6 is 0 Å². The number of carbonyl (C=O) groups is 1. The Morgan fingerprint density at radius 2 is 2.00 bits per heavy atom. The topological polar surface area (TPSA) is 113 Å². The molecule has 1 aliphatic rings. The summed E-state index contributed by atoms with van der Waals surface area (Å²) in [6.07, 6.45) is 0.956. The second-order valence-corrected chi connectivity index (χ2v) is 7.71. The molecule has 1 aliphatic heterocycles. The molecule has 2 aromatic heterocycles. The molecule has 4 rings (SSSR count). The maximum atomic E-state index is 13.1. The zero-order valence-corrected chi connectivity index (χ0v) is 18.3. The Bertz CT molecular complexity index is 1120. The number of aromatic amines is 1. The Balaban J connectivity index is 1.62. The predicted octanol–water partition coefficient (Wildman–Crippen LogP) is 2.18. The van der Waals surface area contributed by atoms with E-state index < -0.39 is 0 Å². The number of H-pyrrole nitrogens is 1. The molecule has 0 radical (unpaired) electrons. The zero-order chi connectivity index (χ0) is 22.5. The van der Waals surface area contributed by atoms with Crippen LogP contribution in [-0.2, 0) is 17.6 Å². The number of carbonyl (C=O) groups excluding carboxylic acids is 1. The highest BCUT2D eigenvalue weighted by molar-refractivity contribution is 5.96. The van der Waals surface area contributed by atoms with Gasteiger partial charge in [-0.25, -0.2) is 4.98 Å². The van der Waals surface area contributed by atoms with Gasteiger partial charge in [0.05, 0.1) is 30.6 Å². The van der Waals surface area contributed by atoms with Gasteiger partial charge in [0.15, 0.2) is 0 Å². The number of benzene rings is 1. The van der Waals surface area contributed by atoms with Crippen molar-refractivity contribution >= 4 is 11.9 Å². The molecular formula is C23H27N5O4. The highest BCUT2D eigenvalue weighted by Gasteiger charge is 2.24. The molecule has 9 nitrogen and oxygen atoms in total. The van der Waals surface area contributed by atoms with Crippen molar-refractivity contribution in [2.45, 2.75) is 32.7 Å². The highest BCUT2D eigenvalue weighted by Crippen LogP contribution is 2.21. The number of nitrogens with one attached hydrogen (secondary N) is 2. The number of aryl methyl sites for hydroxylation is 2. The second kappa shape index (κ2) is 9.78. The number of hydrogen-bond donors (Lipinski definition) is 2. The van der Waals surface area contributed by atoms with Crippen molar-refractivity contribution in [3.63, 3.8) is 0 Å². The minimum atomic E-state index is -0.380. The number of anilines is 1. The van der Waals surface area contributed by atoms with Crippen LogP contribution in [0.1, 0.15) is 46.0 Å². The van der Waals surface area contributed by atoms with Gasteiger partial charge in [-0.05, 0) is 18.9 Å². The molecule has 1 saturated heterocycles. The molecule has 168 valence electrons. The van der Waals surface area contributed by atoms with Crippen LogP contribution in [0.5, 0.6) is 0 Å². The van der Waals surface area contributed by atoms with Gasteiger partial charge in [-0.2, -0.15) is 0 Å². The van der Waals surface area contributed by atoms with E-state index in [0.717, 1.165) is 5.56 Å². The molecule has 1 amide bonds. The molecule has 1 aromatic carbocycles. The van der Waals surface area contributed by atoms with Gasteiger partial charge in [0, 0.05) is 25.6 Å². The molecule has 3 aromatic rings. The first-order chi connectivity index (χ1) is 15.5. The van der Waals surface area contributed by atoms with Crippen LogP contribution in [0.4, 0.5) is 5.95 Å². The Morgan fingerprint density at radius 3 is 2.72 bits per heavy atom. The average molecular weight is 438 g/mol. The number of nitrogens with zero attached hydrogens (tertiary/aromatic N) is 3. The Kier molecular flexibility index (Phi) is 6.65. The van der Waals surface area contributed by atoms with Crippen LogP contribution in [0.3, 0.4) is 0 Å². The average Bonchev–Trinajstić information content (AvgIpc) is 3.20. The van der Waals surface area contributed by atoms with Crippen LogP contribution in [0.2, 0.25) is 0 Å². The molecule has 1 fully saturated rings. The first-order valence-electron chi connectivity index (χ1n) is 10.8. The van der Waals surface area contributed by atoms with Crippen molar-refractivity contribution in [3.8, 4) is 0 Å². The van der Waals surface area contributed by atoms with E-state index in [4.69, 9.17) is 9.26 Å². The summed E-state index contributed by atoms with van der Waals surface area (Å²) in [4.78, 5) is 35.0. The third-order valence-corrected chi connectivity index (χ3v) is 5.51. The molecule has 0 spiro atoms. The lowest BCUT2D eigenvalue weighted by molar-refractivity contribution is 0.0934. The minimum absolute atomic E-state index is 0.224. The maximum absolute atomic E-state index is 13.1. The summed E-state index contributed by atoms with van der Waals surface area (Å²) >= 11 is 0. The second-order valence-electron chi connectivity index (χ2n) is 7.71. The Morgan fingerprint density at radius 1 is 1.25 bits per heavy atom. The fourth-order valence-corrected chi connectivity index (χ4v) is 3.85. The van der Waals surface area contributed by atoms with E-state index in [1.807, 2.05) is 42.2 Å². The molecule has 0 bridgehead atoms. The van der Waals surface area contributed by atoms with Crippen LogP contribution in [0.15, 0.2) is 45.7 Å². The third-order valence-electron chi connectivity index (χ3n) is 5.51. The summed E-state index contributed by atoms with van der Waals surface area (Å²) in [5.41, 5.74) is 2.37. The molecule has 2 N–H and O–H groups in total. The fourth-order valence-electron chi connectivity index (χ4n) is 3.85. The molecule has 9 heteroatoms. The molecule has 3 heterocycles. The number of amides is 1. The maximum Gasteiger partial charge on any atom is 0.257 e. The molecule has 0 saturated carbocycles. The largest absolute Gasteiger partial charge is 0.378 e. The van der Waals surface area contributed by atoms with Crippen LogP contribution in [0, 0.1) is 6.92 Å². The lowest BCUT2D eigenvalue weighted by Gasteiger charge is -2.27. The van der Waals surface area contributed by atoms with Crippen molar-refractivity contribution < 1.29 is 14.1 Å². The van der Waals surface area contributed by atoms with Gasteiger partial charge in [0.1, 0.15) is 11.3 Å². The number of hydrogen-bond acceptors (Lipinski definition) is 7. The first-order valence-corrected chi connectivity index (χ1v) is 10.8. The van der Waals surface area contributed by atoms with E-state index in [9.17, 15) is 9.59 Å². The zero-order valence-electron chi connectivity index (χ0n) is 18.3. The van der Waals surface area contributed by atoms with Crippen LogP contribution in [-0.4, -0.2) is 47.3 Å². The first kappa shape index (κ1) is 21.8. The molecular weight excluding hydrogens is 410 g/mol. The van der Waals surface area contributed by atoms with E-state index >= 15 is 0 Å². The lowest BCUT2D eigenvalue weighted by atomic mass is 10.0. The van der Waals surface area contributed by atoms with Crippen molar-refractivity contribution in [3.05, 3.63) is 75.0 Å². The van der Waals surface area contributed by atoms with E-state index in [-0.39, 0.29) is 17.5 Å². The van der Waals surface area contributed by atoms with E-state index in [0.29, 0.717) is 67.8 Å². The van der Waals surface area contributed by atoms with Gasteiger partial charge >= 0.3 is 0 Å². The van der Waals surface area contributed by atoms with Crippen molar-refractivity contribution in [1.29, 1.82) is 0 Å². The van der Waals surface area contributed by atoms with Gasteiger partial charge in [0.25, 0.3) is 11.5 Å². The van der Waals surface area contributed by atoms with E-state index in [1.54, 1.807) is 6.92 Å². The quantitative estimate of drug-likeness (QED) is 0.582. The fraction of sp³-hybridized carbons (Fsp3) is 0.391. The van der Waals surface area contributed by atoms with Gasteiger partial charge in [-0.3, -0.25) is 14.6 Å². The predicted molar refractivity (Wildman–Crippen MR) is 119 cm³/mol. The summed E-state index contributed by atoms with van der Waals surface area (Å²) in [5.74, 6) is 0.750. The molecule has 32 heavy (non-hydrogen) atoms. The van der Waals surface area contributed by atoms with Gasteiger partial charge in [0.2, 0.25) is 5.95 Å². The molecule has 0 aliphatic carbocycles. The SMILES string of the molecule is CCc1noc(C)c1C(=O)NC(Cc1cc(=O)[nH]c(N2CCOCC2)n1)c1ccccc1. The van der Waals surface area contributed by atoms with Crippen LogP contribution in [0.25, 0.3) is 0 Å². The smallest absolute Gasteiger partial charge is 0.257 e. The third kappa shape index (κ3) is 4.88. The number of morpholine rings is 1. The molecule has 1 unspecified atom stereocenters. The standard InChI is InChI=1S/C23H27N5O4/c1-3-18-21(15(2)32-27-18)22(30)25-19(16-7-5-4-6-8-16)13-17-14-20(29)26-23(24-17)28-9-11-31-12-10-28/h4-8,14,19H,3,9-13H2,1-2H3,(H,25,30)(H,24,26,29). The number of ether oxygens (including phenoxy) is 1. The summed E-state index contributed by atoms with van der Waals surface area (Å²) in [6.45, 7) is 6.17. The minimum Gasteiger partial charge on any atom is -0.378 e. The summed E-state index contributed by atoms with van der Waals surface area (Å²) in [5, 5.41) is 7.08. The number of rotatable bonds is 7. The summed E-state index contributed by atoms with van der Waals surface area (Å²) < 4.78 is 10.6. The van der Waals surface area contributed by atoms with Crippen molar-refractivity contribution in [2.75, 3.05) is 31.2 Å². The van der Waals surface area contributed by atoms with Crippen molar-refractivity contribution in [2.24, 2.45) is 0 Å². The Labute approximate surface area is 185 Å². The number of aromatic nitrogens is 3. The highest BCUT2D eigenvalue weighted by atomic mass is 16.5. The summed E-state index contributed by atoms with van der Waals surface area (Å²) in [6, 6.07) is 10.7. The molecule has 1 atom stereocenters. The van der Waals surface area contributed by atoms with E-state index in [2.05, 4.69) is 20.4 Å². The monoisotopic (exact) mass is 437 g/mol. The van der Waals surface area contributed by atoms with Gasteiger partial charge in [-0.1, -0.05) is 42.4 Å².